The highest BCUT2D eigenvalue weighted by Gasteiger charge is 2.09. The van der Waals surface area contributed by atoms with Crippen molar-refractivity contribution in [1.29, 1.82) is 0 Å². The Morgan fingerprint density at radius 2 is 1.63 bits per heavy atom. The van der Waals surface area contributed by atoms with Gasteiger partial charge in [-0.1, -0.05) is 0 Å². The minimum Gasteiger partial charge on any atom is -0.507 e. The summed E-state index contributed by atoms with van der Waals surface area (Å²) >= 11 is 0. The first kappa shape index (κ1) is 23.3. The van der Waals surface area contributed by atoms with Crippen molar-refractivity contribution in [3.63, 3.8) is 0 Å². The van der Waals surface area contributed by atoms with Crippen LogP contribution in [0.25, 0.3) is 0 Å². The third-order valence-electron chi connectivity index (χ3n) is 3.98. The number of aromatic hydroxyl groups is 1. The number of benzene rings is 2. The largest absolute Gasteiger partial charge is 0.507 e. The Labute approximate surface area is 175 Å². The number of methoxy groups -OCH3 is 1. The highest BCUT2D eigenvalue weighted by Crippen LogP contribution is 2.22. The minimum absolute atomic E-state index is 0.00241. The molecular weight excluding hydrogens is 392 g/mol. The molecule has 0 bridgehead atoms. The van der Waals surface area contributed by atoms with Crippen LogP contribution < -0.4 is 25.3 Å². The number of carbonyl (C=O) groups excluding carboxylic acids is 1. The number of primary amides is 1. The van der Waals surface area contributed by atoms with Crippen LogP contribution in [0.5, 0.6) is 23.0 Å². The maximum atomic E-state index is 11.2. The summed E-state index contributed by atoms with van der Waals surface area (Å²) in [5.41, 5.74) is 5.18. The molecule has 0 aromatic heterocycles. The van der Waals surface area contributed by atoms with E-state index in [-0.39, 0.29) is 17.9 Å². The number of carbonyl (C=O) groups is 1. The molecule has 0 aliphatic rings. The lowest BCUT2D eigenvalue weighted by atomic mass is 10.2. The van der Waals surface area contributed by atoms with Gasteiger partial charge in [0.05, 0.1) is 12.2 Å². The SMILES string of the molecule is COCCOc1ccc(OC[C@H](O)CNCCOc2ccc(O)c(C(N)=O)c2)cc1. The molecule has 0 aliphatic heterocycles. The van der Waals surface area contributed by atoms with Gasteiger partial charge >= 0.3 is 0 Å². The lowest BCUT2D eigenvalue weighted by Gasteiger charge is -2.14. The van der Waals surface area contributed by atoms with Gasteiger partial charge in [0, 0.05) is 20.2 Å². The standard InChI is InChI=1S/C21H28N2O7/c1-27-10-11-29-16-2-4-17(5-3-16)30-14-15(24)13-23-8-9-28-18-6-7-20(25)19(12-18)21(22)26/h2-7,12,15,23-25H,8-11,13-14H2,1H3,(H2,22,26)/t15-/m1/s1. The number of amides is 1. The Hall–Kier alpha value is -3.01. The van der Waals surface area contributed by atoms with Gasteiger partial charge in [-0.25, -0.2) is 0 Å². The number of ether oxygens (including phenoxy) is 4. The molecular formula is C21H28N2O7. The summed E-state index contributed by atoms with van der Waals surface area (Å²) in [6.07, 6.45) is -0.697. The first-order valence-electron chi connectivity index (χ1n) is 9.48. The van der Waals surface area contributed by atoms with E-state index in [4.69, 9.17) is 24.7 Å². The molecule has 0 fully saturated rings. The fourth-order valence-electron chi connectivity index (χ4n) is 2.44. The van der Waals surface area contributed by atoms with Crippen LogP contribution in [-0.4, -0.2) is 68.9 Å². The van der Waals surface area contributed by atoms with Crippen molar-refractivity contribution in [1.82, 2.24) is 5.32 Å². The predicted molar refractivity (Wildman–Crippen MR) is 110 cm³/mol. The van der Waals surface area contributed by atoms with E-state index in [2.05, 4.69) is 5.32 Å². The predicted octanol–water partition coefficient (Wildman–Crippen LogP) is 0.925. The van der Waals surface area contributed by atoms with Crippen molar-refractivity contribution in [2.75, 3.05) is 46.6 Å². The first-order chi connectivity index (χ1) is 14.5. The maximum Gasteiger partial charge on any atom is 0.252 e. The van der Waals surface area contributed by atoms with Gasteiger partial charge in [0.1, 0.15) is 48.9 Å². The van der Waals surface area contributed by atoms with Crippen molar-refractivity contribution < 1.29 is 34.0 Å². The number of rotatable bonds is 14. The van der Waals surface area contributed by atoms with Crippen molar-refractivity contribution in [3.05, 3.63) is 48.0 Å². The molecule has 0 spiro atoms. The lowest BCUT2D eigenvalue weighted by molar-refractivity contribution is 0.0996. The number of nitrogens with one attached hydrogen (secondary N) is 1. The van der Waals surface area contributed by atoms with Crippen molar-refractivity contribution in [2.24, 2.45) is 5.73 Å². The molecule has 9 nitrogen and oxygen atoms in total. The van der Waals surface area contributed by atoms with E-state index in [0.717, 1.165) is 5.75 Å². The van der Waals surface area contributed by atoms with Crippen LogP contribution >= 0.6 is 0 Å². The molecule has 164 valence electrons. The number of hydrogen-bond donors (Lipinski definition) is 4. The molecule has 1 atom stereocenters. The Kier molecular flexibility index (Phi) is 9.72. The van der Waals surface area contributed by atoms with Gasteiger partial charge in [0.2, 0.25) is 0 Å². The van der Waals surface area contributed by atoms with E-state index >= 15 is 0 Å². The van der Waals surface area contributed by atoms with Crippen LogP contribution in [0, 0.1) is 0 Å². The molecule has 0 saturated carbocycles. The highest BCUT2D eigenvalue weighted by atomic mass is 16.5. The number of nitrogens with two attached hydrogens (primary N) is 1. The summed E-state index contributed by atoms with van der Waals surface area (Å²) in [5.74, 6) is 0.853. The zero-order chi connectivity index (χ0) is 21.8. The molecule has 2 aromatic rings. The second kappa shape index (κ2) is 12.5. The molecule has 2 aromatic carbocycles. The second-order valence-corrected chi connectivity index (χ2v) is 6.37. The summed E-state index contributed by atoms with van der Waals surface area (Å²) in [5, 5.41) is 22.6. The van der Waals surface area contributed by atoms with E-state index in [9.17, 15) is 15.0 Å². The Morgan fingerprint density at radius 1 is 1.00 bits per heavy atom. The molecule has 2 rings (SSSR count). The van der Waals surface area contributed by atoms with Gasteiger partial charge < -0.3 is 40.2 Å². The lowest BCUT2D eigenvalue weighted by Crippen LogP contribution is -2.33. The monoisotopic (exact) mass is 420 g/mol. The molecule has 0 aliphatic carbocycles. The molecule has 0 saturated heterocycles. The molecule has 0 unspecified atom stereocenters. The summed E-state index contributed by atoms with van der Waals surface area (Å²) in [7, 11) is 1.62. The Morgan fingerprint density at radius 3 is 2.30 bits per heavy atom. The van der Waals surface area contributed by atoms with E-state index in [1.165, 1.54) is 12.1 Å². The number of phenols is 1. The molecule has 5 N–H and O–H groups in total. The van der Waals surface area contributed by atoms with E-state index < -0.39 is 12.0 Å². The van der Waals surface area contributed by atoms with Gasteiger partial charge in [-0.3, -0.25) is 4.79 Å². The van der Waals surface area contributed by atoms with Gasteiger partial charge in [-0.05, 0) is 42.5 Å². The Balaban J connectivity index is 1.60. The zero-order valence-corrected chi connectivity index (χ0v) is 16.9. The third kappa shape index (κ3) is 8.16. The van der Waals surface area contributed by atoms with Crippen LogP contribution in [0.4, 0.5) is 0 Å². The molecule has 1 amide bonds. The molecule has 30 heavy (non-hydrogen) atoms. The van der Waals surface area contributed by atoms with Crippen LogP contribution in [-0.2, 0) is 4.74 Å². The van der Waals surface area contributed by atoms with Crippen molar-refractivity contribution in [2.45, 2.75) is 6.10 Å². The van der Waals surface area contributed by atoms with E-state index in [0.29, 0.717) is 44.4 Å². The van der Waals surface area contributed by atoms with Crippen LogP contribution in [0.15, 0.2) is 42.5 Å². The molecule has 0 heterocycles. The fraction of sp³-hybridized carbons (Fsp3) is 0.381. The van der Waals surface area contributed by atoms with Crippen LogP contribution in [0.2, 0.25) is 0 Å². The van der Waals surface area contributed by atoms with Crippen molar-refractivity contribution in [3.8, 4) is 23.0 Å². The Bertz CT molecular complexity index is 783. The third-order valence-corrected chi connectivity index (χ3v) is 3.98. The smallest absolute Gasteiger partial charge is 0.252 e. The quantitative estimate of drug-likeness (QED) is 0.332. The topological polar surface area (TPSA) is 132 Å². The average Bonchev–Trinajstić information content (AvgIpc) is 2.74. The first-order valence-corrected chi connectivity index (χ1v) is 9.48. The van der Waals surface area contributed by atoms with Gasteiger partial charge in [0.25, 0.3) is 5.91 Å². The summed E-state index contributed by atoms with van der Waals surface area (Å²) < 4.78 is 21.4. The number of aliphatic hydroxyl groups excluding tert-OH is 1. The highest BCUT2D eigenvalue weighted by molar-refractivity contribution is 5.95. The fourth-order valence-corrected chi connectivity index (χ4v) is 2.44. The van der Waals surface area contributed by atoms with Gasteiger partial charge in [-0.2, -0.15) is 0 Å². The van der Waals surface area contributed by atoms with Crippen molar-refractivity contribution >= 4 is 5.91 Å². The number of hydrogen-bond acceptors (Lipinski definition) is 8. The zero-order valence-electron chi connectivity index (χ0n) is 16.9. The number of aliphatic hydroxyl groups is 1. The molecule has 9 heteroatoms. The van der Waals surface area contributed by atoms with E-state index in [1.807, 2.05) is 0 Å². The van der Waals surface area contributed by atoms with Gasteiger partial charge in [0.15, 0.2) is 0 Å². The van der Waals surface area contributed by atoms with Gasteiger partial charge in [-0.15, -0.1) is 0 Å². The summed E-state index contributed by atoms with van der Waals surface area (Å²) in [6.45, 7) is 2.23. The second-order valence-electron chi connectivity index (χ2n) is 6.37. The minimum atomic E-state index is -0.729. The van der Waals surface area contributed by atoms with Crippen LogP contribution in [0.3, 0.4) is 0 Å². The molecule has 0 radical (unpaired) electrons. The summed E-state index contributed by atoms with van der Waals surface area (Å²) in [6, 6.07) is 11.4. The average molecular weight is 420 g/mol. The van der Waals surface area contributed by atoms with E-state index in [1.54, 1.807) is 37.4 Å². The summed E-state index contributed by atoms with van der Waals surface area (Å²) in [4.78, 5) is 11.2. The van der Waals surface area contributed by atoms with Crippen LogP contribution in [0.1, 0.15) is 10.4 Å². The maximum absolute atomic E-state index is 11.2. The normalized spacial score (nSPS) is 11.7.